The lowest BCUT2D eigenvalue weighted by molar-refractivity contribution is -0.137. The average Bonchev–Trinajstić information content (AvgIpc) is 2.84. The number of hydrogen-bond acceptors (Lipinski definition) is 4. The molecule has 0 spiro atoms. The van der Waals surface area contributed by atoms with Crippen LogP contribution in [0.15, 0.2) is 42.5 Å². The lowest BCUT2D eigenvalue weighted by atomic mass is 10.2. The summed E-state index contributed by atoms with van der Waals surface area (Å²) < 4.78 is 54.2. The van der Waals surface area contributed by atoms with Gasteiger partial charge in [0.25, 0.3) is 5.91 Å². The summed E-state index contributed by atoms with van der Waals surface area (Å²) in [6, 6.07) is 9.32. The minimum Gasteiger partial charge on any atom is -0.490 e. The molecule has 0 fully saturated rings. The van der Waals surface area contributed by atoms with Crippen LogP contribution in [0.3, 0.4) is 0 Å². The molecule has 1 aliphatic heterocycles. The lowest BCUT2D eigenvalue weighted by Gasteiger charge is -2.12. The zero-order chi connectivity index (χ0) is 18.6. The van der Waals surface area contributed by atoms with Crippen molar-refractivity contribution in [2.24, 2.45) is 0 Å². The van der Waals surface area contributed by atoms with Gasteiger partial charge in [0, 0.05) is 18.2 Å². The number of alkyl halides is 3. The summed E-state index contributed by atoms with van der Waals surface area (Å²) in [7, 11) is 0. The Bertz CT molecular complexity index is 792. The zero-order valence-electron chi connectivity index (χ0n) is 13.6. The molecule has 8 heteroatoms. The van der Waals surface area contributed by atoms with Gasteiger partial charge in [0.15, 0.2) is 18.1 Å². The number of nitrogens with one attached hydrogen (secondary N) is 1. The molecule has 1 amide bonds. The standard InChI is InChI=1S/C18H16F3NO4/c19-18(20,21)12-3-1-4-14(9-12)26-11-17(23)22-13-5-6-15-16(10-13)25-8-2-7-24-15/h1,3-6,9-10H,2,7-8,11H2,(H,22,23). The van der Waals surface area contributed by atoms with E-state index < -0.39 is 24.3 Å². The van der Waals surface area contributed by atoms with Crippen molar-refractivity contribution in [2.45, 2.75) is 12.6 Å². The van der Waals surface area contributed by atoms with Gasteiger partial charge >= 0.3 is 6.18 Å². The highest BCUT2D eigenvalue weighted by Crippen LogP contribution is 2.33. The number of carbonyl (C=O) groups excluding carboxylic acids is 1. The Morgan fingerprint density at radius 2 is 1.85 bits per heavy atom. The maximum Gasteiger partial charge on any atom is 0.416 e. The van der Waals surface area contributed by atoms with Crippen LogP contribution < -0.4 is 19.5 Å². The molecule has 1 heterocycles. The second kappa shape index (κ2) is 7.55. The van der Waals surface area contributed by atoms with Crippen LogP contribution in [0.5, 0.6) is 17.2 Å². The van der Waals surface area contributed by atoms with E-state index in [-0.39, 0.29) is 5.75 Å². The third-order valence-corrected chi connectivity index (χ3v) is 3.56. The number of anilines is 1. The van der Waals surface area contributed by atoms with Crippen molar-refractivity contribution in [3.63, 3.8) is 0 Å². The molecular weight excluding hydrogens is 351 g/mol. The number of rotatable bonds is 4. The molecule has 0 atom stereocenters. The van der Waals surface area contributed by atoms with Gasteiger partial charge in [0.05, 0.1) is 18.8 Å². The second-order valence-corrected chi connectivity index (χ2v) is 5.57. The topological polar surface area (TPSA) is 56.8 Å². The maximum atomic E-state index is 12.7. The van der Waals surface area contributed by atoms with E-state index in [9.17, 15) is 18.0 Å². The molecular formula is C18H16F3NO4. The number of amides is 1. The van der Waals surface area contributed by atoms with Crippen molar-refractivity contribution in [2.75, 3.05) is 25.1 Å². The van der Waals surface area contributed by atoms with Gasteiger partial charge in [-0.3, -0.25) is 4.79 Å². The highest BCUT2D eigenvalue weighted by atomic mass is 19.4. The van der Waals surface area contributed by atoms with Crippen LogP contribution in [-0.4, -0.2) is 25.7 Å². The van der Waals surface area contributed by atoms with Gasteiger partial charge in [-0.1, -0.05) is 6.07 Å². The molecule has 2 aromatic carbocycles. The number of fused-ring (bicyclic) bond motifs is 1. The van der Waals surface area contributed by atoms with Gasteiger partial charge in [-0.25, -0.2) is 0 Å². The van der Waals surface area contributed by atoms with Gasteiger partial charge in [-0.2, -0.15) is 13.2 Å². The fourth-order valence-electron chi connectivity index (χ4n) is 2.35. The summed E-state index contributed by atoms with van der Waals surface area (Å²) >= 11 is 0. The normalized spacial score (nSPS) is 13.7. The van der Waals surface area contributed by atoms with E-state index in [2.05, 4.69) is 5.32 Å². The molecule has 1 aliphatic rings. The smallest absolute Gasteiger partial charge is 0.416 e. The number of benzene rings is 2. The first kappa shape index (κ1) is 17.9. The highest BCUT2D eigenvalue weighted by molar-refractivity contribution is 5.92. The van der Waals surface area contributed by atoms with E-state index in [1.807, 2.05) is 0 Å². The van der Waals surface area contributed by atoms with Crippen LogP contribution in [0, 0.1) is 0 Å². The minimum absolute atomic E-state index is 0.0337. The van der Waals surface area contributed by atoms with Crippen molar-refractivity contribution in [1.82, 2.24) is 0 Å². The average molecular weight is 367 g/mol. The SMILES string of the molecule is O=C(COc1cccc(C(F)(F)F)c1)Nc1ccc2c(c1)OCCCO2. The highest BCUT2D eigenvalue weighted by Gasteiger charge is 2.30. The zero-order valence-corrected chi connectivity index (χ0v) is 13.6. The van der Waals surface area contributed by atoms with Crippen LogP contribution >= 0.6 is 0 Å². The van der Waals surface area contributed by atoms with E-state index in [4.69, 9.17) is 14.2 Å². The fraction of sp³-hybridized carbons (Fsp3) is 0.278. The van der Waals surface area contributed by atoms with Crippen LogP contribution in [0.4, 0.5) is 18.9 Å². The Kier molecular flexibility index (Phi) is 5.20. The third-order valence-electron chi connectivity index (χ3n) is 3.56. The molecule has 26 heavy (non-hydrogen) atoms. The monoisotopic (exact) mass is 367 g/mol. The number of halogens is 3. The summed E-state index contributed by atoms with van der Waals surface area (Å²) in [6.45, 7) is 0.655. The van der Waals surface area contributed by atoms with Crippen LogP contribution in [0.2, 0.25) is 0 Å². The Morgan fingerprint density at radius 3 is 2.62 bits per heavy atom. The maximum absolute atomic E-state index is 12.7. The van der Waals surface area contributed by atoms with Crippen molar-refractivity contribution >= 4 is 11.6 Å². The molecule has 2 aromatic rings. The van der Waals surface area contributed by atoms with Crippen molar-refractivity contribution in [3.05, 3.63) is 48.0 Å². The molecule has 3 rings (SSSR count). The summed E-state index contributed by atoms with van der Waals surface area (Å²) in [6.07, 6.45) is -3.70. The van der Waals surface area contributed by atoms with Gasteiger partial charge in [-0.05, 0) is 30.3 Å². The van der Waals surface area contributed by atoms with E-state index >= 15 is 0 Å². The molecule has 1 N–H and O–H groups in total. The molecule has 0 radical (unpaired) electrons. The van der Waals surface area contributed by atoms with Crippen LogP contribution in [0.1, 0.15) is 12.0 Å². The number of carbonyl (C=O) groups is 1. The summed E-state index contributed by atoms with van der Waals surface area (Å²) in [4.78, 5) is 12.0. The fourth-order valence-corrected chi connectivity index (χ4v) is 2.35. The predicted octanol–water partition coefficient (Wildman–Crippen LogP) is 3.88. The first-order chi connectivity index (χ1) is 12.4. The molecule has 0 saturated carbocycles. The molecule has 0 bridgehead atoms. The lowest BCUT2D eigenvalue weighted by Crippen LogP contribution is -2.20. The van der Waals surface area contributed by atoms with Crippen molar-refractivity contribution < 1.29 is 32.2 Å². The van der Waals surface area contributed by atoms with Crippen molar-refractivity contribution in [3.8, 4) is 17.2 Å². The summed E-state index contributed by atoms with van der Waals surface area (Å²) in [5.74, 6) is 0.588. The molecule has 0 aliphatic carbocycles. The molecule has 5 nitrogen and oxygen atoms in total. The second-order valence-electron chi connectivity index (χ2n) is 5.57. The summed E-state index contributed by atoms with van der Waals surface area (Å²) in [5, 5.41) is 2.61. The first-order valence-corrected chi connectivity index (χ1v) is 7.91. The van der Waals surface area contributed by atoms with E-state index in [0.29, 0.717) is 30.4 Å². The Balaban J connectivity index is 1.59. The first-order valence-electron chi connectivity index (χ1n) is 7.91. The van der Waals surface area contributed by atoms with E-state index in [0.717, 1.165) is 18.6 Å². The van der Waals surface area contributed by atoms with Crippen molar-refractivity contribution in [1.29, 1.82) is 0 Å². The van der Waals surface area contributed by atoms with Gasteiger partial charge in [0.1, 0.15) is 5.75 Å². The van der Waals surface area contributed by atoms with Crippen LogP contribution in [0.25, 0.3) is 0 Å². The third kappa shape index (κ3) is 4.59. The number of ether oxygens (including phenoxy) is 3. The molecule has 0 saturated heterocycles. The minimum atomic E-state index is -4.47. The Morgan fingerprint density at radius 1 is 1.08 bits per heavy atom. The predicted molar refractivity (Wildman–Crippen MR) is 87.6 cm³/mol. The quantitative estimate of drug-likeness (QED) is 0.891. The Labute approximate surface area is 147 Å². The molecule has 0 aromatic heterocycles. The van der Waals surface area contributed by atoms with Gasteiger partial charge in [0.2, 0.25) is 0 Å². The van der Waals surface area contributed by atoms with Gasteiger partial charge < -0.3 is 19.5 Å². The molecule has 138 valence electrons. The van der Waals surface area contributed by atoms with Crippen LogP contribution in [-0.2, 0) is 11.0 Å². The van der Waals surface area contributed by atoms with E-state index in [1.54, 1.807) is 18.2 Å². The van der Waals surface area contributed by atoms with Gasteiger partial charge in [-0.15, -0.1) is 0 Å². The Hall–Kier alpha value is -2.90. The summed E-state index contributed by atoms with van der Waals surface area (Å²) in [5.41, 5.74) is -0.356. The number of hydrogen-bond donors (Lipinski definition) is 1. The molecule has 0 unspecified atom stereocenters. The largest absolute Gasteiger partial charge is 0.490 e. The van der Waals surface area contributed by atoms with E-state index in [1.165, 1.54) is 12.1 Å².